The predicted molar refractivity (Wildman–Crippen MR) is 141 cm³/mol. The topological polar surface area (TPSA) is 155 Å². The molecule has 0 aliphatic carbocycles. The molecule has 0 unspecified atom stereocenters. The van der Waals surface area contributed by atoms with Crippen molar-refractivity contribution in [3.05, 3.63) is 88.7 Å². The van der Waals surface area contributed by atoms with Crippen molar-refractivity contribution in [1.29, 1.82) is 0 Å². The summed E-state index contributed by atoms with van der Waals surface area (Å²) < 4.78 is 35.2. The van der Waals surface area contributed by atoms with Gasteiger partial charge in [-0.3, -0.25) is 14.2 Å². The highest BCUT2D eigenvalue weighted by Gasteiger charge is 2.27. The number of sulfonamides is 1. The molecule has 1 aromatic heterocycles. The van der Waals surface area contributed by atoms with E-state index in [9.17, 15) is 18.3 Å². The number of rotatable bonds is 9. The summed E-state index contributed by atoms with van der Waals surface area (Å²) in [4.78, 5) is 12.8. The van der Waals surface area contributed by atoms with Gasteiger partial charge in [-0.1, -0.05) is 30.3 Å². The molecule has 4 N–H and O–H groups in total. The summed E-state index contributed by atoms with van der Waals surface area (Å²) in [5.74, 6) is 0.322. The van der Waals surface area contributed by atoms with E-state index < -0.39 is 15.6 Å². The standard InChI is InChI=1S/C25H26N6O5S/c1-3-30(19-11-7-8-17(14-19)16-32)37(34,35)22-13-12-20(36-2)15-21(22)27-28-23-24(26)29-31(25(23)33)18-9-5-4-6-10-18/h4-15,29,32H,3,16,26H2,1-2H3. The van der Waals surface area contributed by atoms with Crippen molar-refractivity contribution in [3.63, 3.8) is 0 Å². The zero-order valence-corrected chi connectivity index (χ0v) is 21.0. The number of benzene rings is 3. The van der Waals surface area contributed by atoms with Crippen LogP contribution in [0.5, 0.6) is 5.75 Å². The number of ether oxygens (including phenoxy) is 1. The van der Waals surface area contributed by atoms with Crippen LogP contribution in [0.2, 0.25) is 0 Å². The number of nitrogens with two attached hydrogens (primary N) is 1. The third-order valence-electron chi connectivity index (χ3n) is 5.57. The number of anilines is 2. The molecule has 0 saturated heterocycles. The van der Waals surface area contributed by atoms with Crippen LogP contribution < -0.4 is 20.3 Å². The third kappa shape index (κ3) is 5.10. The summed E-state index contributed by atoms with van der Waals surface area (Å²) in [6.45, 7) is 1.58. The highest BCUT2D eigenvalue weighted by molar-refractivity contribution is 7.93. The molecular weight excluding hydrogens is 496 g/mol. The van der Waals surface area contributed by atoms with Crippen LogP contribution in [0, 0.1) is 0 Å². The molecule has 0 bridgehead atoms. The molecule has 0 spiro atoms. The van der Waals surface area contributed by atoms with Gasteiger partial charge in [-0.25, -0.2) is 13.1 Å². The van der Waals surface area contributed by atoms with Crippen molar-refractivity contribution in [2.45, 2.75) is 18.4 Å². The van der Waals surface area contributed by atoms with Crippen LogP contribution in [-0.4, -0.2) is 37.0 Å². The number of azo groups is 1. The smallest absolute Gasteiger partial charge is 0.301 e. The average molecular weight is 523 g/mol. The Morgan fingerprint density at radius 1 is 1.05 bits per heavy atom. The maximum atomic E-state index is 13.7. The number of aliphatic hydroxyl groups excluding tert-OH is 1. The highest BCUT2D eigenvalue weighted by atomic mass is 32.2. The normalized spacial score (nSPS) is 11.6. The zero-order chi connectivity index (χ0) is 26.6. The number of aliphatic hydroxyl groups is 1. The van der Waals surface area contributed by atoms with E-state index in [4.69, 9.17) is 10.5 Å². The molecule has 0 fully saturated rings. The predicted octanol–water partition coefficient (Wildman–Crippen LogP) is 3.88. The van der Waals surface area contributed by atoms with Gasteiger partial charge in [-0.2, -0.15) is 0 Å². The largest absolute Gasteiger partial charge is 0.497 e. The van der Waals surface area contributed by atoms with E-state index >= 15 is 0 Å². The second-order valence-corrected chi connectivity index (χ2v) is 9.71. The molecule has 0 radical (unpaired) electrons. The second kappa shape index (κ2) is 10.7. The minimum atomic E-state index is -4.13. The van der Waals surface area contributed by atoms with E-state index in [0.717, 1.165) is 0 Å². The molecule has 0 saturated carbocycles. The van der Waals surface area contributed by atoms with Crippen molar-refractivity contribution in [1.82, 2.24) is 9.78 Å². The van der Waals surface area contributed by atoms with Crippen LogP contribution in [0.15, 0.2) is 92.7 Å². The number of para-hydroxylation sites is 1. The zero-order valence-electron chi connectivity index (χ0n) is 20.2. The van der Waals surface area contributed by atoms with Crippen LogP contribution in [0.4, 0.5) is 22.9 Å². The first-order valence-corrected chi connectivity index (χ1v) is 12.7. The second-order valence-electron chi connectivity index (χ2n) is 7.88. The van der Waals surface area contributed by atoms with Gasteiger partial charge in [-0.05, 0) is 48.9 Å². The quantitative estimate of drug-likeness (QED) is 0.283. The van der Waals surface area contributed by atoms with Gasteiger partial charge in [0.05, 0.1) is 25.1 Å². The summed E-state index contributed by atoms with van der Waals surface area (Å²) in [6.07, 6.45) is 0. The fraction of sp³-hybridized carbons (Fsp3) is 0.160. The molecule has 3 aromatic carbocycles. The molecule has 37 heavy (non-hydrogen) atoms. The fourth-order valence-corrected chi connectivity index (χ4v) is 5.32. The van der Waals surface area contributed by atoms with Gasteiger partial charge in [0.1, 0.15) is 22.2 Å². The summed E-state index contributed by atoms with van der Waals surface area (Å²) in [5, 5.41) is 20.4. The number of nitrogen functional groups attached to an aromatic ring is 1. The lowest BCUT2D eigenvalue weighted by Crippen LogP contribution is -2.31. The Labute approximate surface area is 213 Å². The van der Waals surface area contributed by atoms with Crippen molar-refractivity contribution < 1.29 is 18.3 Å². The van der Waals surface area contributed by atoms with Gasteiger partial charge in [0.25, 0.3) is 10.0 Å². The van der Waals surface area contributed by atoms with Crippen molar-refractivity contribution in [2.24, 2.45) is 10.2 Å². The number of hydrogen-bond acceptors (Lipinski definition) is 8. The number of H-pyrrole nitrogens is 1. The van der Waals surface area contributed by atoms with Gasteiger partial charge in [-0.15, -0.1) is 10.2 Å². The Kier molecular flexibility index (Phi) is 7.41. The van der Waals surface area contributed by atoms with Gasteiger partial charge in [0.2, 0.25) is 0 Å². The van der Waals surface area contributed by atoms with Gasteiger partial charge >= 0.3 is 5.56 Å². The Balaban J connectivity index is 1.79. The number of nitrogens with zero attached hydrogens (tertiary/aromatic N) is 4. The Morgan fingerprint density at radius 2 is 1.81 bits per heavy atom. The number of aromatic nitrogens is 2. The lowest BCUT2D eigenvalue weighted by Gasteiger charge is -2.24. The molecule has 4 aromatic rings. The number of nitrogens with one attached hydrogen (secondary N) is 1. The summed E-state index contributed by atoms with van der Waals surface area (Å²) in [5.41, 5.74) is 6.74. The lowest BCUT2D eigenvalue weighted by atomic mass is 10.2. The maximum Gasteiger partial charge on any atom is 0.301 e. The van der Waals surface area contributed by atoms with E-state index in [2.05, 4.69) is 15.3 Å². The molecule has 192 valence electrons. The SMILES string of the molecule is CCN(c1cccc(CO)c1)S(=O)(=O)c1ccc(OC)cc1N=Nc1c(N)[nH]n(-c2ccccc2)c1=O. The molecule has 1 heterocycles. The molecular formula is C25H26N6O5S. The van der Waals surface area contributed by atoms with Crippen molar-refractivity contribution >= 4 is 32.9 Å². The molecule has 0 amide bonds. The minimum absolute atomic E-state index is 0.0269. The minimum Gasteiger partial charge on any atom is -0.497 e. The average Bonchev–Trinajstić information content (AvgIpc) is 3.20. The molecule has 11 nitrogen and oxygen atoms in total. The van der Waals surface area contributed by atoms with Gasteiger partial charge in [0, 0.05) is 12.6 Å². The van der Waals surface area contributed by atoms with E-state index in [1.165, 1.54) is 34.3 Å². The van der Waals surface area contributed by atoms with E-state index in [-0.39, 0.29) is 35.2 Å². The lowest BCUT2D eigenvalue weighted by molar-refractivity contribution is 0.282. The fourth-order valence-electron chi connectivity index (χ4n) is 3.75. The summed E-state index contributed by atoms with van der Waals surface area (Å²) >= 11 is 0. The van der Waals surface area contributed by atoms with Gasteiger partial charge < -0.3 is 15.6 Å². The third-order valence-corrected chi connectivity index (χ3v) is 7.52. The Bertz CT molecular complexity index is 1600. The number of methoxy groups -OCH3 is 1. The number of hydrogen-bond donors (Lipinski definition) is 3. The van der Waals surface area contributed by atoms with Crippen LogP contribution in [-0.2, 0) is 16.6 Å². The van der Waals surface area contributed by atoms with Crippen LogP contribution >= 0.6 is 0 Å². The molecule has 0 aliphatic heterocycles. The van der Waals surface area contributed by atoms with Crippen LogP contribution in [0.25, 0.3) is 5.69 Å². The molecule has 0 atom stereocenters. The Hall–Kier alpha value is -4.42. The molecule has 12 heteroatoms. The van der Waals surface area contributed by atoms with Gasteiger partial charge in [0.15, 0.2) is 5.69 Å². The first-order chi connectivity index (χ1) is 17.8. The number of aromatic amines is 1. The summed E-state index contributed by atoms with van der Waals surface area (Å²) in [7, 11) is -2.69. The van der Waals surface area contributed by atoms with Crippen molar-refractivity contribution in [3.8, 4) is 11.4 Å². The maximum absolute atomic E-state index is 13.7. The Morgan fingerprint density at radius 3 is 2.49 bits per heavy atom. The first-order valence-electron chi connectivity index (χ1n) is 11.3. The monoisotopic (exact) mass is 522 g/mol. The van der Waals surface area contributed by atoms with E-state index in [1.807, 2.05) is 6.07 Å². The molecule has 0 aliphatic rings. The first kappa shape index (κ1) is 25.7. The van der Waals surface area contributed by atoms with Crippen molar-refractivity contribution in [2.75, 3.05) is 23.7 Å². The molecule has 4 rings (SSSR count). The van der Waals surface area contributed by atoms with Crippen LogP contribution in [0.3, 0.4) is 0 Å². The van der Waals surface area contributed by atoms with E-state index in [0.29, 0.717) is 22.7 Å². The van der Waals surface area contributed by atoms with Crippen LogP contribution in [0.1, 0.15) is 12.5 Å². The summed E-state index contributed by atoms with van der Waals surface area (Å²) in [6, 6.07) is 19.6. The highest BCUT2D eigenvalue weighted by Crippen LogP contribution is 2.34. The van der Waals surface area contributed by atoms with E-state index in [1.54, 1.807) is 55.5 Å².